The number of amides is 2. The van der Waals surface area contributed by atoms with Gasteiger partial charge in [-0.05, 0) is 18.8 Å². The summed E-state index contributed by atoms with van der Waals surface area (Å²) in [5.41, 5.74) is 0. The first-order valence-electron chi connectivity index (χ1n) is 7.73. The van der Waals surface area contributed by atoms with Gasteiger partial charge < -0.3 is 19.9 Å². The fraction of sp³-hybridized carbons (Fsp3) is 0.667. The van der Waals surface area contributed by atoms with Gasteiger partial charge in [-0.1, -0.05) is 13.8 Å². The minimum absolute atomic E-state index is 0.218. The lowest BCUT2D eigenvalue weighted by Gasteiger charge is -2.30. The Morgan fingerprint density at radius 3 is 2.95 bits per heavy atom. The molecule has 7 nitrogen and oxygen atoms in total. The highest BCUT2D eigenvalue weighted by Gasteiger charge is 2.28. The zero-order valence-electron chi connectivity index (χ0n) is 13.2. The van der Waals surface area contributed by atoms with Crippen LogP contribution in [0.25, 0.3) is 0 Å². The highest BCUT2D eigenvalue weighted by Crippen LogP contribution is 2.16. The molecule has 0 radical (unpaired) electrons. The fourth-order valence-corrected chi connectivity index (χ4v) is 2.70. The number of likely N-dealkylation sites (tertiary alicyclic amines) is 1. The van der Waals surface area contributed by atoms with E-state index in [0.29, 0.717) is 25.4 Å². The molecule has 1 saturated heterocycles. The first kappa shape index (κ1) is 16.3. The Hall–Kier alpha value is -2.05. The van der Waals surface area contributed by atoms with Crippen LogP contribution in [0.15, 0.2) is 12.4 Å². The molecular weight excluding hydrogens is 284 g/mol. The number of rotatable bonds is 5. The van der Waals surface area contributed by atoms with E-state index < -0.39 is 11.9 Å². The molecule has 0 saturated carbocycles. The van der Waals surface area contributed by atoms with Crippen molar-refractivity contribution >= 4 is 12.0 Å². The summed E-state index contributed by atoms with van der Waals surface area (Å²) in [4.78, 5) is 29.1. The van der Waals surface area contributed by atoms with Crippen LogP contribution in [0.1, 0.15) is 32.5 Å². The monoisotopic (exact) mass is 308 g/mol. The average Bonchev–Trinajstić information content (AvgIpc) is 2.91. The van der Waals surface area contributed by atoms with Crippen molar-refractivity contribution in [1.82, 2.24) is 19.8 Å². The molecule has 0 bridgehead atoms. The van der Waals surface area contributed by atoms with Gasteiger partial charge >= 0.3 is 12.0 Å². The van der Waals surface area contributed by atoms with E-state index in [1.165, 1.54) is 0 Å². The molecule has 0 aliphatic carbocycles. The Labute approximate surface area is 130 Å². The average molecular weight is 308 g/mol. The number of carboxylic acids is 1. The second-order valence-electron chi connectivity index (χ2n) is 6.17. The summed E-state index contributed by atoms with van der Waals surface area (Å²) in [5.74, 6) is 0.0309. The Morgan fingerprint density at radius 2 is 2.27 bits per heavy atom. The summed E-state index contributed by atoms with van der Waals surface area (Å²) in [7, 11) is 0. The number of aromatic nitrogens is 2. The summed E-state index contributed by atoms with van der Waals surface area (Å²) in [6.45, 7) is 6.35. The topological polar surface area (TPSA) is 87.5 Å². The summed E-state index contributed by atoms with van der Waals surface area (Å²) in [6, 6.07) is -0.218. The van der Waals surface area contributed by atoms with Crippen molar-refractivity contribution in [1.29, 1.82) is 0 Å². The first-order chi connectivity index (χ1) is 10.5. The number of carboxylic acid groups (broad SMARTS) is 1. The van der Waals surface area contributed by atoms with Crippen LogP contribution in [0.4, 0.5) is 4.79 Å². The zero-order chi connectivity index (χ0) is 16.1. The van der Waals surface area contributed by atoms with Gasteiger partial charge in [0.25, 0.3) is 0 Å². The zero-order valence-corrected chi connectivity index (χ0v) is 13.2. The van der Waals surface area contributed by atoms with Gasteiger partial charge in [0, 0.05) is 32.0 Å². The molecule has 1 aromatic rings. The number of hydrogen-bond donors (Lipinski definition) is 2. The van der Waals surface area contributed by atoms with Crippen molar-refractivity contribution in [2.45, 2.75) is 39.8 Å². The fourth-order valence-electron chi connectivity index (χ4n) is 2.70. The van der Waals surface area contributed by atoms with Gasteiger partial charge in [0.2, 0.25) is 0 Å². The number of urea groups is 1. The molecule has 1 aromatic heterocycles. The Morgan fingerprint density at radius 1 is 1.50 bits per heavy atom. The molecule has 2 N–H and O–H groups in total. The number of nitrogens with one attached hydrogen (secondary N) is 1. The molecular formula is C15H24N4O3. The number of aliphatic carboxylic acids is 1. The van der Waals surface area contributed by atoms with Gasteiger partial charge in [-0.3, -0.25) is 4.79 Å². The molecule has 7 heteroatoms. The second-order valence-corrected chi connectivity index (χ2v) is 6.17. The lowest BCUT2D eigenvalue weighted by atomic mass is 9.99. The number of piperidine rings is 1. The van der Waals surface area contributed by atoms with E-state index >= 15 is 0 Å². The molecule has 0 aromatic carbocycles. The highest BCUT2D eigenvalue weighted by molar-refractivity contribution is 5.76. The third kappa shape index (κ3) is 4.22. The smallest absolute Gasteiger partial charge is 0.317 e. The van der Waals surface area contributed by atoms with Crippen LogP contribution in [-0.2, 0) is 17.9 Å². The number of carbonyl (C=O) groups excluding carboxylic acids is 1. The third-order valence-electron chi connectivity index (χ3n) is 3.82. The molecule has 1 fully saturated rings. The molecule has 2 heterocycles. The van der Waals surface area contributed by atoms with Crippen molar-refractivity contribution in [2.75, 3.05) is 13.1 Å². The second kappa shape index (κ2) is 7.29. The summed E-state index contributed by atoms with van der Waals surface area (Å²) in [5, 5.41) is 11.9. The highest BCUT2D eigenvalue weighted by atomic mass is 16.4. The van der Waals surface area contributed by atoms with Gasteiger partial charge in [0.1, 0.15) is 5.82 Å². The van der Waals surface area contributed by atoms with Crippen LogP contribution < -0.4 is 5.32 Å². The molecule has 0 spiro atoms. The van der Waals surface area contributed by atoms with E-state index in [9.17, 15) is 9.59 Å². The van der Waals surface area contributed by atoms with Crippen LogP contribution in [0.3, 0.4) is 0 Å². The van der Waals surface area contributed by atoms with Crippen molar-refractivity contribution in [3.63, 3.8) is 0 Å². The minimum Gasteiger partial charge on any atom is -0.481 e. The van der Waals surface area contributed by atoms with E-state index in [1.807, 2.05) is 10.8 Å². The molecule has 1 aliphatic heterocycles. The first-order valence-corrected chi connectivity index (χ1v) is 7.73. The van der Waals surface area contributed by atoms with E-state index in [4.69, 9.17) is 5.11 Å². The number of hydrogen-bond acceptors (Lipinski definition) is 3. The van der Waals surface area contributed by atoms with Crippen LogP contribution in [0, 0.1) is 11.8 Å². The van der Waals surface area contributed by atoms with Gasteiger partial charge in [-0.2, -0.15) is 0 Å². The van der Waals surface area contributed by atoms with Crippen molar-refractivity contribution in [3.8, 4) is 0 Å². The Balaban J connectivity index is 1.87. The maximum absolute atomic E-state index is 12.2. The molecule has 1 aliphatic rings. The quantitative estimate of drug-likeness (QED) is 0.864. The SMILES string of the molecule is CC(C)Cn1ccnc1CNC(=O)N1CCCC(C(=O)O)C1. The molecule has 22 heavy (non-hydrogen) atoms. The summed E-state index contributed by atoms with van der Waals surface area (Å²) in [6.07, 6.45) is 5.00. The molecule has 1 unspecified atom stereocenters. The predicted molar refractivity (Wildman–Crippen MR) is 81.2 cm³/mol. The lowest BCUT2D eigenvalue weighted by molar-refractivity contribution is -0.143. The Kier molecular flexibility index (Phi) is 5.41. The third-order valence-corrected chi connectivity index (χ3v) is 3.82. The van der Waals surface area contributed by atoms with Crippen LogP contribution in [-0.4, -0.2) is 44.6 Å². The summed E-state index contributed by atoms with van der Waals surface area (Å²) < 4.78 is 2.03. The number of imidazole rings is 1. The summed E-state index contributed by atoms with van der Waals surface area (Å²) >= 11 is 0. The normalized spacial score (nSPS) is 18.5. The maximum atomic E-state index is 12.2. The van der Waals surface area contributed by atoms with E-state index in [-0.39, 0.29) is 12.6 Å². The van der Waals surface area contributed by atoms with Crippen molar-refractivity contribution < 1.29 is 14.7 Å². The van der Waals surface area contributed by atoms with Gasteiger partial charge in [0.15, 0.2) is 0 Å². The largest absolute Gasteiger partial charge is 0.481 e. The van der Waals surface area contributed by atoms with Gasteiger partial charge in [-0.25, -0.2) is 9.78 Å². The number of nitrogens with zero attached hydrogens (tertiary/aromatic N) is 3. The molecule has 2 rings (SSSR count). The molecule has 1 atom stereocenters. The van der Waals surface area contributed by atoms with E-state index in [0.717, 1.165) is 18.8 Å². The lowest BCUT2D eigenvalue weighted by Crippen LogP contribution is -2.47. The van der Waals surface area contributed by atoms with Crippen molar-refractivity contribution in [2.24, 2.45) is 11.8 Å². The predicted octanol–water partition coefficient (Wildman–Crippen LogP) is 1.55. The Bertz CT molecular complexity index is 527. The molecule has 122 valence electrons. The van der Waals surface area contributed by atoms with Gasteiger partial charge in [0.05, 0.1) is 12.5 Å². The van der Waals surface area contributed by atoms with Crippen LogP contribution in [0.5, 0.6) is 0 Å². The van der Waals surface area contributed by atoms with E-state index in [2.05, 4.69) is 24.1 Å². The standard InChI is InChI=1S/C15H24N4O3/c1-11(2)9-18-7-5-16-13(18)8-17-15(22)19-6-3-4-12(10-19)14(20)21/h5,7,11-12H,3-4,6,8-10H2,1-2H3,(H,17,22)(H,20,21). The number of carbonyl (C=O) groups is 2. The maximum Gasteiger partial charge on any atom is 0.317 e. The van der Waals surface area contributed by atoms with Crippen LogP contribution >= 0.6 is 0 Å². The van der Waals surface area contributed by atoms with Crippen LogP contribution in [0.2, 0.25) is 0 Å². The minimum atomic E-state index is -0.829. The van der Waals surface area contributed by atoms with E-state index in [1.54, 1.807) is 11.1 Å². The van der Waals surface area contributed by atoms with Crippen molar-refractivity contribution in [3.05, 3.63) is 18.2 Å². The molecule has 2 amide bonds. The van der Waals surface area contributed by atoms with Gasteiger partial charge in [-0.15, -0.1) is 0 Å².